The van der Waals surface area contributed by atoms with Crippen LogP contribution in [0.25, 0.3) is 0 Å². The molecule has 7 heteroatoms. The van der Waals surface area contributed by atoms with Crippen molar-refractivity contribution in [2.45, 2.75) is 39.5 Å². The number of rotatable bonds is 6. The third kappa shape index (κ3) is 4.24. The molecule has 142 valence electrons. The number of carbonyl (C=O) groups excluding carboxylic acids is 2. The Hall–Kier alpha value is -2.54. The summed E-state index contributed by atoms with van der Waals surface area (Å²) in [4.78, 5) is 36.8. The molecule has 0 bridgehead atoms. The molecule has 3 rings (SSSR count). The minimum absolute atomic E-state index is 0.122. The van der Waals surface area contributed by atoms with Crippen LogP contribution in [0.3, 0.4) is 0 Å². The van der Waals surface area contributed by atoms with Gasteiger partial charge in [0.15, 0.2) is 6.61 Å². The SMILES string of the molecule is CC[C@H]1CCc2sc(C(=O)OCC(=O)c3ccc(C)c([N+](=O)[O-])c3)cc2C1. The number of thiophene rings is 1. The molecule has 1 aliphatic carbocycles. The van der Waals surface area contributed by atoms with Crippen molar-refractivity contribution in [1.82, 2.24) is 0 Å². The van der Waals surface area contributed by atoms with Crippen molar-refractivity contribution < 1.29 is 19.2 Å². The molecule has 1 aromatic heterocycles. The van der Waals surface area contributed by atoms with Crippen LogP contribution in [0.15, 0.2) is 24.3 Å². The number of nitro groups is 1. The van der Waals surface area contributed by atoms with Crippen LogP contribution in [0.2, 0.25) is 0 Å². The van der Waals surface area contributed by atoms with Crippen LogP contribution in [0, 0.1) is 23.0 Å². The van der Waals surface area contributed by atoms with Gasteiger partial charge < -0.3 is 4.74 Å². The van der Waals surface area contributed by atoms with Gasteiger partial charge in [0, 0.05) is 22.1 Å². The van der Waals surface area contributed by atoms with E-state index in [0.717, 1.165) is 25.7 Å². The Morgan fingerprint density at radius 2 is 2.11 bits per heavy atom. The molecule has 1 atom stereocenters. The fourth-order valence-corrected chi connectivity index (χ4v) is 4.42. The van der Waals surface area contributed by atoms with Gasteiger partial charge in [-0.2, -0.15) is 0 Å². The normalized spacial score (nSPS) is 15.9. The van der Waals surface area contributed by atoms with Gasteiger partial charge in [-0.05, 0) is 43.7 Å². The molecule has 2 aromatic rings. The van der Waals surface area contributed by atoms with Gasteiger partial charge in [0.25, 0.3) is 5.69 Å². The standard InChI is InChI=1S/C20H21NO5S/c1-3-13-5-7-18-15(8-13)10-19(27-18)20(23)26-11-17(22)14-6-4-12(2)16(9-14)21(24)25/h4,6,9-10,13H,3,5,7-8,11H2,1-2H3/t13-/m0/s1. The molecule has 0 unspecified atom stereocenters. The molecule has 0 saturated heterocycles. The zero-order valence-electron chi connectivity index (χ0n) is 15.3. The summed E-state index contributed by atoms with van der Waals surface area (Å²) in [5.74, 6) is -0.314. The summed E-state index contributed by atoms with van der Waals surface area (Å²) in [6.45, 7) is 3.35. The molecule has 0 saturated carbocycles. The van der Waals surface area contributed by atoms with E-state index in [-0.39, 0.29) is 11.3 Å². The molecule has 0 N–H and O–H groups in total. The molecule has 6 nitrogen and oxygen atoms in total. The fraction of sp³-hybridized carbons (Fsp3) is 0.400. The number of hydrogen-bond acceptors (Lipinski definition) is 6. The van der Waals surface area contributed by atoms with Crippen LogP contribution in [-0.4, -0.2) is 23.3 Å². The summed E-state index contributed by atoms with van der Waals surface area (Å²) in [6, 6.07) is 6.13. The monoisotopic (exact) mass is 387 g/mol. The predicted octanol–water partition coefficient (Wildman–Crippen LogP) is 4.52. The number of Topliss-reactive ketones (excluding diaryl/α,β-unsaturated/α-hetero) is 1. The van der Waals surface area contributed by atoms with E-state index in [2.05, 4.69) is 6.92 Å². The van der Waals surface area contributed by atoms with E-state index in [9.17, 15) is 19.7 Å². The Kier molecular flexibility index (Phi) is 5.70. The highest BCUT2D eigenvalue weighted by Gasteiger charge is 2.23. The zero-order valence-corrected chi connectivity index (χ0v) is 16.1. The Morgan fingerprint density at radius 3 is 2.81 bits per heavy atom. The molecular formula is C20H21NO5S. The second-order valence-corrected chi connectivity index (χ2v) is 7.97. The first-order valence-corrected chi connectivity index (χ1v) is 9.77. The van der Waals surface area contributed by atoms with E-state index in [4.69, 9.17) is 4.74 Å². The number of hydrogen-bond donors (Lipinski definition) is 0. The van der Waals surface area contributed by atoms with Crippen molar-refractivity contribution in [3.05, 3.63) is 60.8 Å². The van der Waals surface area contributed by atoms with Crippen LogP contribution in [0.1, 0.15) is 55.8 Å². The molecule has 0 aliphatic heterocycles. The number of carbonyl (C=O) groups is 2. The number of benzene rings is 1. The highest BCUT2D eigenvalue weighted by atomic mass is 32.1. The molecule has 0 fully saturated rings. The maximum absolute atomic E-state index is 12.3. The van der Waals surface area contributed by atoms with Crippen LogP contribution in [-0.2, 0) is 17.6 Å². The molecule has 0 radical (unpaired) electrons. The van der Waals surface area contributed by atoms with Crippen LogP contribution < -0.4 is 0 Å². The first kappa shape index (κ1) is 19.2. The highest BCUT2D eigenvalue weighted by Crippen LogP contribution is 2.33. The Morgan fingerprint density at radius 1 is 1.33 bits per heavy atom. The Bertz CT molecular complexity index is 902. The molecule has 1 aromatic carbocycles. The lowest BCUT2D eigenvalue weighted by molar-refractivity contribution is -0.385. The maximum atomic E-state index is 12.3. The average Bonchev–Trinajstić information content (AvgIpc) is 3.09. The van der Waals surface area contributed by atoms with Gasteiger partial charge in [-0.1, -0.05) is 25.5 Å². The molecule has 27 heavy (non-hydrogen) atoms. The smallest absolute Gasteiger partial charge is 0.348 e. The van der Waals surface area contributed by atoms with Crippen molar-refractivity contribution in [1.29, 1.82) is 0 Å². The fourth-order valence-electron chi connectivity index (χ4n) is 3.31. The van der Waals surface area contributed by atoms with E-state index in [1.807, 2.05) is 6.07 Å². The summed E-state index contributed by atoms with van der Waals surface area (Å²) < 4.78 is 5.16. The third-order valence-electron chi connectivity index (χ3n) is 5.03. The van der Waals surface area contributed by atoms with E-state index < -0.39 is 23.3 Å². The lowest BCUT2D eigenvalue weighted by atomic mass is 9.87. The van der Waals surface area contributed by atoms with Gasteiger partial charge in [0.05, 0.1) is 4.92 Å². The number of ketones is 1. The van der Waals surface area contributed by atoms with Gasteiger partial charge in [-0.15, -0.1) is 11.3 Å². The lowest BCUT2D eigenvalue weighted by Gasteiger charge is -2.19. The zero-order chi connectivity index (χ0) is 19.6. The Labute approximate surface area is 161 Å². The van der Waals surface area contributed by atoms with E-state index >= 15 is 0 Å². The number of ether oxygens (including phenoxy) is 1. The number of esters is 1. The minimum atomic E-state index is -0.530. The van der Waals surface area contributed by atoms with Gasteiger partial charge in [0.1, 0.15) is 4.88 Å². The van der Waals surface area contributed by atoms with Gasteiger partial charge in [0.2, 0.25) is 5.78 Å². The minimum Gasteiger partial charge on any atom is -0.453 e. The molecule has 0 amide bonds. The first-order valence-electron chi connectivity index (χ1n) is 8.96. The largest absolute Gasteiger partial charge is 0.453 e. The van der Waals surface area contributed by atoms with E-state index in [0.29, 0.717) is 16.4 Å². The summed E-state index contributed by atoms with van der Waals surface area (Å²) in [6.07, 6.45) is 4.24. The predicted molar refractivity (Wildman–Crippen MR) is 103 cm³/mol. The third-order valence-corrected chi connectivity index (χ3v) is 6.24. The second kappa shape index (κ2) is 8.00. The van der Waals surface area contributed by atoms with Crippen molar-refractivity contribution in [3.63, 3.8) is 0 Å². The van der Waals surface area contributed by atoms with Crippen molar-refractivity contribution in [2.24, 2.45) is 5.92 Å². The number of aryl methyl sites for hydroxylation is 2. The average molecular weight is 387 g/mol. The van der Waals surface area contributed by atoms with Gasteiger partial charge in [-0.25, -0.2) is 4.79 Å². The maximum Gasteiger partial charge on any atom is 0.348 e. The topological polar surface area (TPSA) is 86.5 Å². The number of nitro benzene ring substituents is 1. The first-order chi connectivity index (χ1) is 12.9. The quantitative estimate of drug-likeness (QED) is 0.315. The molecule has 1 aliphatic rings. The van der Waals surface area contributed by atoms with E-state index in [1.165, 1.54) is 40.0 Å². The summed E-state index contributed by atoms with van der Waals surface area (Å²) >= 11 is 1.44. The van der Waals surface area contributed by atoms with E-state index in [1.54, 1.807) is 6.92 Å². The number of fused-ring (bicyclic) bond motifs is 1. The van der Waals surface area contributed by atoms with Crippen molar-refractivity contribution >= 4 is 28.8 Å². The van der Waals surface area contributed by atoms with Gasteiger partial charge >= 0.3 is 5.97 Å². The summed E-state index contributed by atoms with van der Waals surface area (Å²) in [5, 5.41) is 11.0. The summed E-state index contributed by atoms with van der Waals surface area (Å²) in [7, 11) is 0. The molecular weight excluding hydrogens is 366 g/mol. The highest BCUT2D eigenvalue weighted by molar-refractivity contribution is 7.14. The van der Waals surface area contributed by atoms with Gasteiger partial charge in [-0.3, -0.25) is 14.9 Å². The Balaban J connectivity index is 1.64. The second-order valence-electron chi connectivity index (χ2n) is 6.83. The lowest BCUT2D eigenvalue weighted by Crippen LogP contribution is -2.14. The number of nitrogens with zero attached hydrogens (tertiary/aromatic N) is 1. The molecule has 0 spiro atoms. The molecule has 1 heterocycles. The van der Waals surface area contributed by atoms with Crippen molar-refractivity contribution in [3.8, 4) is 0 Å². The van der Waals surface area contributed by atoms with Crippen LogP contribution >= 0.6 is 11.3 Å². The van der Waals surface area contributed by atoms with Crippen LogP contribution in [0.4, 0.5) is 5.69 Å². The van der Waals surface area contributed by atoms with Crippen LogP contribution in [0.5, 0.6) is 0 Å². The summed E-state index contributed by atoms with van der Waals surface area (Å²) in [5.41, 5.74) is 1.73. The van der Waals surface area contributed by atoms with Crippen molar-refractivity contribution in [2.75, 3.05) is 6.61 Å².